The van der Waals surface area contributed by atoms with E-state index in [1.807, 2.05) is 18.2 Å². The van der Waals surface area contributed by atoms with Gasteiger partial charge in [-0.3, -0.25) is 4.98 Å². The third-order valence-corrected chi connectivity index (χ3v) is 4.19. The summed E-state index contributed by atoms with van der Waals surface area (Å²) in [5, 5.41) is 9.25. The molecule has 1 fully saturated rings. The first-order valence-electron chi connectivity index (χ1n) is 7.51. The van der Waals surface area contributed by atoms with E-state index >= 15 is 0 Å². The highest BCUT2D eigenvalue weighted by molar-refractivity contribution is 5.66. The van der Waals surface area contributed by atoms with E-state index < -0.39 is 6.09 Å². The molecule has 0 saturated carbocycles. The zero-order valence-electron chi connectivity index (χ0n) is 12.5. The zero-order chi connectivity index (χ0) is 16.4. The SMILES string of the molecule is N[C@@H]1CCN(C(=O)O)[C@@H]1Cc1cccc(-c2cccc(F)c2)n1. The third kappa shape index (κ3) is 3.32. The molecule has 1 aromatic carbocycles. The zero-order valence-corrected chi connectivity index (χ0v) is 12.5. The van der Waals surface area contributed by atoms with Gasteiger partial charge in [-0.1, -0.05) is 18.2 Å². The van der Waals surface area contributed by atoms with Crippen molar-refractivity contribution in [3.8, 4) is 11.3 Å². The van der Waals surface area contributed by atoms with Crippen molar-refractivity contribution in [3.05, 3.63) is 54.0 Å². The van der Waals surface area contributed by atoms with Crippen LogP contribution < -0.4 is 5.73 Å². The van der Waals surface area contributed by atoms with Crippen LogP contribution in [-0.2, 0) is 6.42 Å². The molecular formula is C17H18FN3O2. The van der Waals surface area contributed by atoms with Crippen molar-refractivity contribution in [2.24, 2.45) is 5.73 Å². The van der Waals surface area contributed by atoms with Crippen molar-refractivity contribution in [1.82, 2.24) is 9.88 Å². The molecule has 3 N–H and O–H groups in total. The van der Waals surface area contributed by atoms with Gasteiger partial charge in [0.15, 0.2) is 0 Å². The normalized spacial score (nSPS) is 20.7. The number of halogens is 1. The summed E-state index contributed by atoms with van der Waals surface area (Å²) in [6.45, 7) is 0.449. The van der Waals surface area contributed by atoms with Crippen LogP contribution in [0, 0.1) is 5.82 Å². The molecule has 2 heterocycles. The summed E-state index contributed by atoms with van der Waals surface area (Å²) in [4.78, 5) is 17.2. The lowest BCUT2D eigenvalue weighted by Crippen LogP contribution is -2.43. The molecular weight excluding hydrogens is 297 g/mol. The van der Waals surface area contributed by atoms with Crippen LogP contribution in [0.4, 0.5) is 9.18 Å². The number of carboxylic acid groups (broad SMARTS) is 1. The van der Waals surface area contributed by atoms with Crippen LogP contribution in [0.2, 0.25) is 0 Å². The molecule has 5 nitrogen and oxygen atoms in total. The average Bonchev–Trinajstić information content (AvgIpc) is 2.89. The van der Waals surface area contributed by atoms with Gasteiger partial charge in [0.2, 0.25) is 0 Å². The van der Waals surface area contributed by atoms with Crippen LogP contribution in [0.1, 0.15) is 12.1 Å². The number of nitrogens with two attached hydrogens (primary N) is 1. The largest absolute Gasteiger partial charge is 0.465 e. The second-order valence-electron chi connectivity index (χ2n) is 5.72. The van der Waals surface area contributed by atoms with Crippen LogP contribution in [0.25, 0.3) is 11.3 Å². The lowest BCUT2D eigenvalue weighted by Gasteiger charge is -2.24. The molecule has 1 saturated heterocycles. The fraction of sp³-hybridized carbons (Fsp3) is 0.294. The smallest absolute Gasteiger partial charge is 0.407 e. The van der Waals surface area contributed by atoms with Crippen molar-refractivity contribution < 1.29 is 14.3 Å². The van der Waals surface area contributed by atoms with E-state index in [1.54, 1.807) is 12.1 Å². The summed E-state index contributed by atoms with van der Waals surface area (Å²) in [7, 11) is 0. The number of likely N-dealkylation sites (tertiary alicyclic amines) is 1. The van der Waals surface area contributed by atoms with Crippen LogP contribution in [0.3, 0.4) is 0 Å². The maximum absolute atomic E-state index is 13.4. The Labute approximate surface area is 133 Å². The van der Waals surface area contributed by atoms with Gasteiger partial charge in [-0.25, -0.2) is 9.18 Å². The Morgan fingerprint density at radius 3 is 2.87 bits per heavy atom. The standard InChI is InChI=1S/C17H18FN3O2/c18-12-4-1-3-11(9-12)15-6-2-5-13(20-15)10-16-14(19)7-8-21(16)17(22)23/h1-6,9,14,16H,7-8,10,19H2,(H,22,23)/t14-,16-/m1/s1. The van der Waals surface area contributed by atoms with Gasteiger partial charge in [0.25, 0.3) is 0 Å². The lowest BCUT2D eigenvalue weighted by molar-refractivity contribution is 0.138. The molecule has 1 amide bonds. The van der Waals surface area contributed by atoms with E-state index in [1.165, 1.54) is 17.0 Å². The fourth-order valence-corrected chi connectivity index (χ4v) is 2.99. The quantitative estimate of drug-likeness (QED) is 0.912. The first kappa shape index (κ1) is 15.4. The maximum atomic E-state index is 13.4. The predicted molar refractivity (Wildman–Crippen MR) is 84.4 cm³/mol. The van der Waals surface area contributed by atoms with Gasteiger partial charge in [-0.15, -0.1) is 0 Å². The molecule has 0 radical (unpaired) electrons. The number of nitrogens with zero attached hydrogens (tertiary/aromatic N) is 2. The van der Waals surface area contributed by atoms with Gasteiger partial charge in [-0.2, -0.15) is 0 Å². The summed E-state index contributed by atoms with van der Waals surface area (Å²) in [6.07, 6.45) is 0.154. The minimum Gasteiger partial charge on any atom is -0.465 e. The molecule has 6 heteroatoms. The number of pyridine rings is 1. The highest BCUT2D eigenvalue weighted by Gasteiger charge is 2.35. The number of benzene rings is 1. The molecule has 3 rings (SSSR count). The highest BCUT2D eigenvalue weighted by Crippen LogP contribution is 2.22. The Morgan fingerprint density at radius 1 is 1.35 bits per heavy atom. The predicted octanol–water partition coefficient (Wildman–Crippen LogP) is 2.51. The van der Waals surface area contributed by atoms with E-state index in [-0.39, 0.29) is 17.9 Å². The van der Waals surface area contributed by atoms with Crippen LogP contribution in [0.15, 0.2) is 42.5 Å². The molecule has 0 unspecified atom stereocenters. The average molecular weight is 315 g/mol. The van der Waals surface area contributed by atoms with Gasteiger partial charge in [0.1, 0.15) is 5.82 Å². The Hall–Kier alpha value is -2.47. The lowest BCUT2D eigenvalue weighted by atomic mass is 10.0. The number of hydrogen-bond donors (Lipinski definition) is 2. The Kier molecular flexibility index (Phi) is 4.25. The molecule has 0 spiro atoms. The molecule has 0 aliphatic carbocycles. The second-order valence-corrected chi connectivity index (χ2v) is 5.72. The van der Waals surface area contributed by atoms with E-state index in [0.717, 1.165) is 5.69 Å². The molecule has 1 aliphatic rings. The first-order valence-corrected chi connectivity index (χ1v) is 7.51. The maximum Gasteiger partial charge on any atom is 0.407 e. The molecule has 1 aromatic heterocycles. The molecule has 120 valence electrons. The Bertz CT molecular complexity index is 722. The molecule has 1 aliphatic heterocycles. The van der Waals surface area contributed by atoms with Crippen LogP contribution in [-0.4, -0.2) is 39.7 Å². The first-order chi connectivity index (χ1) is 11.0. The van der Waals surface area contributed by atoms with Gasteiger partial charge in [0, 0.05) is 30.3 Å². The molecule has 2 atom stereocenters. The Morgan fingerprint density at radius 2 is 2.13 bits per heavy atom. The number of carbonyl (C=O) groups is 1. The van der Waals surface area contributed by atoms with Crippen molar-refractivity contribution in [3.63, 3.8) is 0 Å². The second kappa shape index (κ2) is 6.34. The summed E-state index contributed by atoms with van der Waals surface area (Å²) in [5.41, 5.74) is 8.15. The summed E-state index contributed by atoms with van der Waals surface area (Å²) in [5.74, 6) is -0.315. The minimum absolute atomic E-state index is 0.189. The minimum atomic E-state index is -0.954. The fourth-order valence-electron chi connectivity index (χ4n) is 2.99. The number of aromatic nitrogens is 1. The van der Waals surface area contributed by atoms with Gasteiger partial charge in [0.05, 0.1) is 11.7 Å². The summed E-state index contributed by atoms with van der Waals surface area (Å²) < 4.78 is 13.4. The summed E-state index contributed by atoms with van der Waals surface area (Å²) in [6, 6.07) is 11.3. The van der Waals surface area contributed by atoms with E-state index in [4.69, 9.17) is 5.73 Å². The molecule has 23 heavy (non-hydrogen) atoms. The Balaban J connectivity index is 1.84. The van der Waals surface area contributed by atoms with Gasteiger partial charge in [-0.05, 0) is 30.7 Å². The third-order valence-electron chi connectivity index (χ3n) is 4.19. The molecule has 2 aromatic rings. The van der Waals surface area contributed by atoms with Crippen molar-refractivity contribution >= 4 is 6.09 Å². The van der Waals surface area contributed by atoms with E-state index in [0.29, 0.717) is 30.6 Å². The number of hydrogen-bond acceptors (Lipinski definition) is 3. The van der Waals surface area contributed by atoms with Gasteiger partial charge < -0.3 is 15.7 Å². The van der Waals surface area contributed by atoms with Crippen LogP contribution in [0.5, 0.6) is 0 Å². The molecule has 0 bridgehead atoms. The van der Waals surface area contributed by atoms with Crippen molar-refractivity contribution in [2.75, 3.05) is 6.54 Å². The van der Waals surface area contributed by atoms with Crippen LogP contribution >= 0.6 is 0 Å². The highest BCUT2D eigenvalue weighted by atomic mass is 19.1. The van der Waals surface area contributed by atoms with Crippen molar-refractivity contribution in [2.45, 2.75) is 24.9 Å². The van der Waals surface area contributed by atoms with E-state index in [2.05, 4.69) is 4.98 Å². The van der Waals surface area contributed by atoms with Gasteiger partial charge >= 0.3 is 6.09 Å². The van der Waals surface area contributed by atoms with E-state index in [9.17, 15) is 14.3 Å². The number of rotatable bonds is 3. The van der Waals surface area contributed by atoms with Crippen molar-refractivity contribution in [1.29, 1.82) is 0 Å². The number of amides is 1. The summed E-state index contributed by atoms with van der Waals surface area (Å²) >= 11 is 0. The topological polar surface area (TPSA) is 79.5 Å². The monoisotopic (exact) mass is 315 g/mol.